The normalized spacial score (nSPS) is 26.9. The van der Waals surface area contributed by atoms with Crippen molar-refractivity contribution in [1.82, 2.24) is 5.32 Å². The number of carbonyl (C=O) groups is 1. The Bertz CT molecular complexity index is 455. The maximum absolute atomic E-state index is 11.1. The van der Waals surface area contributed by atoms with Crippen molar-refractivity contribution in [1.29, 1.82) is 0 Å². The Balaban J connectivity index is 1.94. The summed E-state index contributed by atoms with van der Waals surface area (Å²) in [5.41, 5.74) is 5.92. The Morgan fingerprint density at radius 2 is 2.25 bits per heavy atom. The van der Waals surface area contributed by atoms with E-state index in [1.54, 1.807) is 11.3 Å². The SMILES string of the molecule is CC1CCC(C(C)C)C(NCc2cc(C(N)=O)cs2)C1. The lowest BCUT2D eigenvalue weighted by Gasteiger charge is -2.38. The van der Waals surface area contributed by atoms with E-state index < -0.39 is 0 Å². The van der Waals surface area contributed by atoms with Crippen LogP contribution in [0.3, 0.4) is 0 Å². The molecule has 1 heterocycles. The van der Waals surface area contributed by atoms with E-state index in [9.17, 15) is 4.79 Å². The lowest BCUT2D eigenvalue weighted by molar-refractivity contribution is 0.100. The van der Waals surface area contributed by atoms with Gasteiger partial charge in [-0.1, -0.05) is 27.2 Å². The van der Waals surface area contributed by atoms with E-state index in [0.717, 1.165) is 24.3 Å². The Hall–Kier alpha value is -0.870. The molecule has 0 spiro atoms. The molecule has 0 radical (unpaired) electrons. The van der Waals surface area contributed by atoms with E-state index in [-0.39, 0.29) is 5.91 Å². The maximum atomic E-state index is 11.1. The first-order chi connectivity index (χ1) is 9.47. The summed E-state index contributed by atoms with van der Waals surface area (Å²) in [5.74, 6) is 1.97. The number of nitrogens with two attached hydrogens (primary N) is 1. The lowest BCUT2D eigenvalue weighted by Crippen LogP contribution is -2.42. The minimum absolute atomic E-state index is 0.334. The first-order valence-corrected chi connectivity index (χ1v) is 8.46. The monoisotopic (exact) mass is 294 g/mol. The third kappa shape index (κ3) is 3.83. The second-order valence-electron chi connectivity index (χ2n) is 6.48. The Morgan fingerprint density at radius 1 is 1.50 bits per heavy atom. The van der Waals surface area contributed by atoms with E-state index in [1.807, 2.05) is 11.4 Å². The molecule has 4 heteroatoms. The lowest BCUT2D eigenvalue weighted by atomic mass is 9.74. The van der Waals surface area contributed by atoms with Gasteiger partial charge in [0, 0.05) is 22.8 Å². The Kier molecular flexibility index (Phi) is 5.22. The third-order valence-electron chi connectivity index (χ3n) is 4.50. The van der Waals surface area contributed by atoms with Gasteiger partial charge in [0.05, 0.1) is 5.56 Å². The smallest absolute Gasteiger partial charge is 0.249 e. The fourth-order valence-corrected chi connectivity index (χ4v) is 4.10. The highest BCUT2D eigenvalue weighted by Crippen LogP contribution is 2.33. The molecule has 20 heavy (non-hydrogen) atoms. The van der Waals surface area contributed by atoms with E-state index in [0.29, 0.717) is 11.6 Å². The van der Waals surface area contributed by atoms with Crippen LogP contribution in [0.5, 0.6) is 0 Å². The zero-order valence-electron chi connectivity index (χ0n) is 12.7. The molecule has 2 rings (SSSR count). The van der Waals surface area contributed by atoms with Gasteiger partial charge in [-0.2, -0.15) is 0 Å². The van der Waals surface area contributed by atoms with Crippen LogP contribution in [-0.4, -0.2) is 11.9 Å². The molecule has 112 valence electrons. The van der Waals surface area contributed by atoms with E-state index in [4.69, 9.17) is 5.73 Å². The van der Waals surface area contributed by atoms with Crippen LogP contribution < -0.4 is 11.1 Å². The van der Waals surface area contributed by atoms with Crippen LogP contribution >= 0.6 is 11.3 Å². The van der Waals surface area contributed by atoms with Gasteiger partial charge in [-0.25, -0.2) is 0 Å². The first kappa shape index (κ1) is 15.5. The summed E-state index contributed by atoms with van der Waals surface area (Å²) >= 11 is 1.61. The van der Waals surface area contributed by atoms with Crippen molar-refractivity contribution in [3.63, 3.8) is 0 Å². The van der Waals surface area contributed by atoms with Gasteiger partial charge >= 0.3 is 0 Å². The summed E-state index contributed by atoms with van der Waals surface area (Å²) in [7, 11) is 0. The van der Waals surface area contributed by atoms with Gasteiger partial charge in [-0.05, 0) is 36.7 Å². The molecule has 1 aromatic heterocycles. The molecule has 1 aliphatic carbocycles. The molecule has 0 bridgehead atoms. The maximum Gasteiger partial charge on any atom is 0.249 e. The summed E-state index contributed by atoms with van der Waals surface area (Å²) in [6, 6.07) is 2.51. The minimum atomic E-state index is -0.334. The van der Waals surface area contributed by atoms with Gasteiger partial charge in [0.25, 0.3) is 0 Å². The molecular weight excluding hydrogens is 268 g/mol. The fraction of sp³-hybridized carbons (Fsp3) is 0.688. The van der Waals surface area contributed by atoms with Crippen molar-refractivity contribution < 1.29 is 4.79 Å². The number of hydrogen-bond acceptors (Lipinski definition) is 3. The molecule has 1 fully saturated rings. The molecule has 0 aliphatic heterocycles. The number of hydrogen-bond donors (Lipinski definition) is 2. The minimum Gasteiger partial charge on any atom is -0.366 e. The highest BCUT2D eigenvalue weighted by atomic mass is 32.1. The van der Waals surface area contributed by atoms with E-state index in [2.05, 4.69) is 26.1 Å². The largest absolute Gasteiger partial charge is 0.366 e. The number of carbonyl (C=O) groups excluding carboxylic acids is 1. The molecule has 1 aromatic rings. The van der Waals surface area contributed by atoms with Crippen molar-refractivity contribution in [2.24, 2.45) is 23.5 Å². The van der Waals surface area contributed by atoms with Crippen molar-refractivity contribution in [2.75, 3.05) is 0 Å². The molecule has 0 aromatic carbocycles. The van der Waals surface area contributed by atoms with Gasteiger partial charge < -0.3 is 11.1 Å². The van der Waals surface area contributed by atoms with Crippen LogP contribution in [0.1, 0.15) is 55.3 Å². The number of amides is 1. The Morgan fingerprint density at radius 3 is 2.85 bits per heavy atom. The molecular formula is C16H26N2OS. The number of rotatable bonds is 5. The van der Waals surface area contributed by atoms with Gasteiger partial charge in [0.1, 0.15) is 0 Å². The second kappa shape index (κ2) is 6.72. The van der Waals surface area contributed by atoms with Gasteiger partial charge in [-0.15, -0.1) is 11.3 Å². The highest BCUT2D eigenvalue weighted by Gasteiger charge is 2.30. The predicted molar refractivity (Wildman–Crippen MR) is 84.8 cm³/mol. The summed E-state index contributed by atoms with van der Waals surface area (Å²) < 4.78 is 0. The van der Waals surface area contributed by atoms with Gasteiger partial charge in [0.2, 0.25) is 5.91 Å². The average molecular weight is 294 g/mol. The summed E-state index contributed by atoms with van der Waals surface area (Å²) in [6.07, 6.45) is 3.94. The van der Waals surface area contributed by atoms with Crippen LogP contribution in [0, 0.1) is 17.8 Å². The molecule has 3 unspecified atom stereocenters. The number of primary amides is 1. The number of nitrogens with one attached hydrogen (secondary N) is 1. The zero-order chi connectivity index (χ0) is 14.7. The standard InChI is InChI=1S/C16H26N2OS/c1-10(2)14-5-4-11(3)6-15(14)18-8-13-7-12(9-20-13)16(17)19/h7,9-11,14-15,18H,4-6,8H2,1-3H3,(H2,17,19). The first-order valence-electron chi connectivity index (χ1n) is 7.58. The third-order valence-corrected chi connectivity index (χ3v) is 5.44. The Labute approximate surface area is 125 Å². The van der Waals surface area contributed by atoms with Gasteiger partial charge in [-0.3, -0.25) is 4.79 Å². The molecule has 1 aliphatic rings. The van der Waals surface area contributed by atoms with Gasteiger partial charge in [0.15, 0.2) is 0 Å². The average Bonchev–Trinajstić information content (AvgIpc) is 2.85. The second-order valence-corrected chi connectivity index (χ2v) is 7.48. The fourth-order valence-electron chi connectivity index (χ4n) is 3.27. The highest BCUT2D eigenvalue weighted by molar-refractivity contribution is 7.10. The van der Waals surface area contributed by atoms with Crippen LogP contribution in [0.15, 0.2) is 11.4 Å². The molecule has 3 N–H and O–H groups in total. The predicted octanol–water partition coefficient (Wildman–Crippen LogP) is 3.40. The van der Waals surface area contributed by atoms with E-state index in [1.165, 1.54) is 24.1 Å². The zero-order valence-corrected chi connectivity index (χ0v) is 13.5. The summed E-state index contributed by atoms with van der Waals surface area (Å²) in [6.45, 7) is 7.84. The van der Waals surface area contributed by atoms with Crippen molar-refractivity contribution >= 4 is 17.2 Å². The van der Waals surface area contributed by atoms with Crippen molar-refractivity contribution in [3.8, 4) is 0 Å². The topological polar surface area (TPSA) is 55.1 Å². The summed E-state index contributed by atoms with van der Waals surface area (Å²) in [4.78, 5) is 12.3. The number of thiophene rings is 1. The molecule has 3 atom stereocenters. The molecule has 0 saturated heterocycles. The van der Waals surface area contributed by atoms with Crippen LogP contribution in [-0.2, 0) is 6.54 Å². The molecule has 1 amide bonds. The quantitative estimate of drug-likeness (QED) is 0.874. The molecule has 3 nitrogen and oxygen atoms in total. The molecule has 1 saturated carbocycles. The van der Waals surface area contributed by atoms with Crippen molar-refractivity contribution in [3.05, 3.63) is 21.9 Å². The van der Waals surface area contributed by atoms with Crippen LogP contribution in [0.2, 0.25) is 0 Å². The van der Waals surface area contributed by atoms with Crippen LogP contribution in [0.25, 0.3) is 0 Å². The summed E-state index contributed by atoms with van der Waals surface area (Å²) in [5, 5.41) is 5.56. The van der Waals surface area contributed by atoms with Crippen LogP contribution in [0.4, 0.5) is 0 Å². The van der Waals surface area contributed by atoms with E-state index >= 15 is 0 Å². The van der Waals surface area contributed by atoms with Crippen molar-refractivity contribution in [2.45, 2.75) is 52.6 Å².